The van der Waals surface area contributed by atoms with Gasteiger partial charge in [-0.25, -0.2) is 4.79 Å². The Morgan fingerprint density at radius 3 is 2.55 bits per heavy atom. The fourth-order valence-corrected chi connectivity index (χ4v) is 4.83. The number of hydrogen-bond donors (Lipinski definition) is 1. The number of benzene rings is 2. The highest BCUT2D eigenvalue weighted by Gasteiger charge is 2.42. The van der Waals surface area contributed by atoms with Crippen LogP contribution >= 0.6 is 0 Å². The van der Waals surface area contributed by atoms with Crippen molar-refractivity contribution in [3.8, 4) is 11.5 Å². The molecule has 0 unspecified atom stereocenters. The summed E-state index contributed by atoms with van der Waals surface area (Å²) in [7, 11) is 0. The van der Waals surface area contributed by atoms with E-state index in [1.807, 2.05) is 30.3 Å². The van der Waals surface area contributed by atoms with E-state index in [0.29, 0.717) is 23.0 Å². The first-order chi connectivity index (χ1) is 14.1. The third-order valence-electron chi connectivity index (χ3n) is 6.21. The standard InChI is InChI=1S/C24H27NO4/c1-16(22-13-17-10-11-18(22)12-17)25-23(26)15-28-24(27)19-6-5-9-21(14-19)29-20-7-3-2-4-8-20/h2-9,14,16-18,22H,10-13,15H2,1H3,(H,25,26)/t16-,17+,18+,22+/m0/s1. The molecule has 0 aromatic heterocycles. The van der Waals surface area contributed by atoms with Crippen molar-refractivity contribution < 1.29 is 19.1 Å². The quantitative estimate of drug-likeness (QED) is 0.700. The molecule has 0 spiro atoms. The Hall–Kier alpha value is -2.82. The van der Waals surface area contributed by atoms with Crippen LogP contribution in [-0.4, -0.2) is 24.5 Å². The molecule has 4 rings (SSSR count). The molecule has 2 aliphatic rings. The van der Waals surface area contributed by atoms with Crippen LogP contribution < -0.4 is 10.1 Å². The zero-order chi connectivity index (χ0) is 20.2. The fourth-order valence-electron chi connectivity index (χ4n) is 4.83. The molecular formula is C24H27NO4. The molecule has 2 saturated carbocycles. The average Bonchev–Trinajstić information content (AvgIpc) is 3.37. The number of ether oxygens (including phenoxy) is 2. The lowest BCUT2D eigenvalue weighted by molar-refractivity contribution is -0.125. The van der Waals surface area contributed by atoms with Gasteiger partial charge in [0.15, 0.2) is 6.61 Å². The molecule has 5 heteroatoms. The minimum Gasteiger partial charge on any atom is -0.457 e. The van der Waals surface area contributed by atoms with Crippen molar-refractivity contribution >= 4 is 11.9 Å². The molecule has 2 aromatic carbocycles. The lowest BCUT2D eigenvalue weighted by Crippen LogP contribution is -2.42. The largest absolute Gasteiger partial charge is 0.457 e. The zero-order valence-corrected chi connectivity index (χ0v) is 16.7. The second kappa shape index (κ2) is 8.68. The van der Waals surface area contributed by atoms with Gasteiger partial charge in [0.2, 0.25) is 0 Å². The molecule has 0 radical (unpaired) electrons. The maximum Gasteiger partial charge on any atom is 0.338 e. The number of para-hydroxylation sites is 1. The highest BCUT2D eigenvalue weighted by Crippen LogP contribution is 2.49. The van der Waals surface area contributed by atoms with Gasteiger partial charge < -0.3 is 14.8 Å². The third kappa shape index (κ3) is 4.78. The third-order valence-corrected chi connectivity index (χ3v) is 6.21. The number of rotatable bonds is 7. The van der Waals surface area contributed by atoms with Crippen LogP contribution in [0.2, 0.25) is 0 Å². The van der Waals surface area contributed by atoms with E-state index < -0.39 is 5.97 Å². The number of carbonyl (C=O) groups excluding carboxylic acids is 2. The smallest absolute Gasteiger partial charge is 0.338 e. The van der Waals surface area contributed by atoms with Gasteiger partial charge in [0.05, 0.1) is 5.56 Å². The van der Waals surface area contributed by atoms with Gasteiger partial charge in [0, 0.05) is 6.04 Å². The van der Waals surface area contributed by atoms with Crippen molar-refractivity contribution in [2.24, 2.45) is 17.8 Å². The van der Waals surface area contributed by atoms with Gasteiger partial charge in [-0.05, 0) is 74.3 Å². The van der Waals surface area contributed by atoms with E-state index in [2.05, 4.69) is 12.2 Å². The van der Waals surface area contributed by atoms with E-state index in [-0.39, 0.29) is 18.6 Å². The summed E-state index contributed by atoms with van der Waals surface area (Å²) in [4.78, 5) is 24.6. The van der Waals surface area contributed by atoms with Crippen LogP contribution in [0.4, 0.5) is 0 Å². The molecule has 2 fully saturated rings. The highest BCUT2D eigenvalue weighted by atomic mass is 16.5. The SMILES string of the molecule is C[C@H](NC(=O)COC(=O)c1cccc(Oc2ccccc2)c1)[C@H]1C[C@@H]2CC[C@@H]1C2. The van der Waals surface area contributed by atoms with Crippen LogP contribution in [0.25, 0.3) is 0 Å². The van der Waals surface area contributed by atoms with Crippen molar-refractivity contribution in [1.82, 2.24) is 5.32 Å². The Morgan fingerprint density at radius 2 is 1.83 bits per heavy atom. The van der Waals surface area contributed by atoms with Crippen LogP contribution in [0.15, 0.2) is 54.6 Å². The summed E-state index contributed by atoms with van der Waals surface area (Å²) < 4.78 is 11.0. The summed E-state index contributed by atoms with van der Waals surface area (Å²) >= 11 is 0. The first-order valence-electron chi connectivity index (χ1n) is 10.4. The van der Waals surface area contributed by atoms with Gasteiger partial charge in [-0.15, -0.1) is 0 Å². The number of nitrogens with one attached hydrogen (secondary N) is 1. The minimum absolute atomic E-state index is 0.124. The predicted octanol–water partition coefficient (Wildman–Crippen LogP) is 4.58. The van der Waals surface area contributed by atoms with E-state index in [0.717, 1.165) is 11.8 Å². The number of hydrogen-bond acceptors (Lipinski definition) is 4. The summed E-state index contributed by atoms with van der Waals surface area (Å²) in [5.41, 5.74) is 0.354. The van der Waals surface area contributed by atoms with Crippen LogP contribution in [0.5, 0.6) is 11.5 Å². The second-order valence-electron chi connectivity index (χ2n) is 8.21. The maximum absolute atomic E-state index is 12.3. The zero-order valence-electron chi connectivity index (χ0n) is 16.7. The first kappa shape index (κ1) is 19.5. The first-order valence-corrected chi connectivity index (χ1v) is 10.4. The van der Waals surface area contributed by atoms with Gasteiger partial charge >= 0.3 is 5.97 Å². The Bertz CT molecular complexity index is 866. The van der Waals surface area contributed by atoms with Crippen molar-refractivity contribution in [2.75, 3.05) is 6.61 Å². The summed E-state index contributed by atoms with van der Waals surface area (Å²) in [5, 5.41) is 3.02. The van der Waals surface area contributed by atoms with Crippen molar-refractivity contribution in [3.05, 3.63) is 60.2 Å². The molecule has 2 bridgehead atoms. The molecule has 0 saturated heterocycles. The molecule has 1 amide bonds. The molecule has 4 atom stereocenters. The van der Waals surface area contributed by atoms with Crippen LogP contribution in [0, 0.1) is 17.8 Å². The Balaban J connectivity index is 1.27. The molecule has 152 valence electrons. The van der Waals surface area contributed by atoms with Gasteiger partial charge in [0.25, 0.3) is 5.91 Å². The van der Waals surface area contributed by atoms with Gasteiger partial charge in [-0.2, -0.15) is 0 Å². The van der Waals surface area contributed by atoms with E-state index in [4.69, 9.17) is 9.47 Å². The minimum atomic E-state index is -0.536. The van der Waals surface area contributed by atoms with Crippen LogP contribution in [-0.2, 0) is 9.53 Å². The maximum atomic E-state index is 12.3. The van der Waals surface area contributed by atoms with E-state index >= 15 is 0 Å². The van der Waals surface area contributed by atoms with Crippen LogP contribution in [0.3, 0.4) is 0 Å². The number of carbonyl (C=O) groups is 2. The monoisotopic (exact) mass is 393 g/mol. The molecule has 1 N–H and O–H groups in total. The van der Waals surface area contributed by atoms with E-state index in [9.17, 15) is 9.59 Å². The Kier molecular flexibility index (Phi) is 5.84. The summed E-state index contributed by atoms with van der Waals surface area (Å²) in [6, 6.07) is 16.2. The number of amides is 1. The molecular weight excluding hydrogens is 366 g/mol. The van der Waals surface area contributed by atoms with E-state index in [1.165, 1.54) is 25.7 Å². The Morgan fingerprint density at radius 1 is 1.03 bits per heavy atom. The predicted molar refractivity (Wildman–Crippen MR) is 110 cm³/mol. The van der Waals surface area contributed by atoms with Gasteiger partial charge in [-0.1, -0.05) is 30.7 Å². The Labute approximate surface area is 171 Å². The van der Waals surface area contributed by atoms with E-state index in [1.54, 1.807) is 24.3 Å². The summed E-state index contributed by atoms with van der Waals surface area (Å²) in [6.45, 7) is 1.79. The molecule has 29 heavy (non-hydrogen) atoms. The number of fused-ring (bicyclic) bond motifs is 2. The van der Waals surface area contributed by atoms with Gasteiger partial charge in [-0.3, -0.25) is 4.79 Å². The number of esters is 1. The highest BCUT2D eigenvalue weighted by molar-refractivity contribution is 5.91. The lowest BCUT2D eigenvalue weighted by atomic mass is 9.84. The molecule has 2 aromatic rings. The molecule has 0 heterocycles. The molecule has 0 aliphatic heterocycles. The molecule has 2 aliphatic carbocycles. The molecule has 5 nitrogen and oxygen atoms in total. The average molecular weight is 393 g/mol. The fraction of sp³-hybridized carbons (Fsp3) is 0.417. The summed E-state index contributed by atoms with van der Waals surface area (Å²) in [5.74, 6) is 2.58. The summed E-state index contributed by atoms with van der Waals surface area (Å²) in [6.07, 6.45) is 5.14. The topological polar surface area (TPSA) is 64.6 Å². The van der Waals surface area contributed by atoms with Gasteiger partial charge in [0.1, 0.15) is 11.5 Å². The van der Waals surface area contributed by atoms with Crippen molar-refractivity contribution in [3.63, 3.8) is 0 Å². The van der Waals surface area contributed by atoms with Crippen molar-refractivity contribution in [1.29, 1.82) is 0 Å². The second-order valence-corrected chi connectivity index (χ2v) is 8.21. The van der Waals surface area contributed by atoms with Crippen molar-refractivity contribution in [2.45, 2.75) is 38.6 Å². The van der Waals surface area contributed by atoms with Crippen LogP contribution in [0.1, 0.15) is 43.0 Å². The lowest BCUT2D eigenvalue weighted by Gasteiger charge is -2.28. The normalized spacial score (nSPS) is 23.4.